The summed E-state index contributed by atoms with van der Waals surface area (Å²) < 4.78 is 37.4. The molecule has 0 N–H and O–H groups in total. The second-order valence-corrected chi connectivity index (χ2v) is 5.90. The van der Waals surface area contributed by atoms with E-state index in [4.69, 9.17) is 9.47 Å². The minimum absolute atomic E-state index is 0.0612. The Morgan fingerprint density at radius 3 is 2.79 bits per heavy atom. The molecule has 104 valence electrons. The fourth-order valence-electron chi connectivity index (χ4n) is 1.62. The van der Waals surface area contributed by atoms with Gasteiger partial charge in [0.2, 0.25) is 0 Å². The number of carbonyl (C=O) groups excluding carboxylic acids is 1. The zero-order valence-corrected chi connectivity index (χ0v) is 11.4. The maximum atomic E-state index is 11.2. The fourth-order valence-corrected chi connectivity index (χ4v) is 2.01. The fraction of sp³-hybridized carbons (Fsp3) is 0.417. The molecule has 0 radical (unpaired) electrons. The average molecular weight is 286 g/mol. The molecule has 0 spiro atoms. The standard InChI is InChI=1S/C12H14O6S/c1-8(13)9-3-4-11-12(5-9)16-6-10(18-11)7-17-19(2,14)15/h3-5,10H,6-7H2,1-2H3. The molecule has 1 aromatic rings. The van der Waals surface area contributed by atoms with Gasteiger partial charge in [0.1, 0.15) is 13.2 Å². The molecule has 0 aliphatic carbocycles. The van der Waals surface area contributed by atoms with Gasteiger partial charge in [0.25, 0.3) is 10.1 Å². The number of carbonyl (C=O) groups is 1. The van der Waals surface area contributed by atoms with Gasteiger partial charge >= 0.3 is 0 Å². The van der Waals surface area contributed by atoms with Gasteiger partial charge in [0.05, 0.1) is 6.26 Å². The van der Waals surface area contributed by atoms with E-state index in [-0.39, 0.29) is 19.0 Å². The molecular weight excluding hydrogens is 272 g/mol. The summed E-state index contributed by atoms with van der Waals surface area (Å²) in [5.74, 6) is 0.885. The zero-order valence-electron chi connectivity index (χ0n) is 10.6. The van der Waals surface area contributed by atoms with E-state index < -0.39 is 16.2 Å². The van der Waals surface area contributed by atoms with Crippen molar-refractivity contribution in [2.24, 2.45) is 0 Å². The van der Waals surface area contributed by atoms with Crippen LogP contribution in [0.1, 0.15) is 17.3 Å². The zero-order chi connectivity index (χ0) is 14.0. The van der Waals surface area contributed by atoms with Crippen LogP contribution in [0.15, 0.2) is 18.2 Å². The molecule has 0 amide bonds. The Kier molecular flexibility index (Phi) is 3.77. The molecule has 1 atom stereocenters. The highest BCUT2D eigenvalue weighted by molar-refractivity contribution is 7.85. The van der Waals surface area contributed by atoms with Crippen molar-refractivity contribution in [3.05, 3.63) is 23.8 Å². The molecule has 0 bridgehead atoms. The molecule has 0 saturated carbocycles. The van der Waals surface area contributed by atoms with E-state index in [1.54, 1.807) is 18.2 Å². The van der Waals surface area contributed by atoms with Crippen LogP contribution < -0.4 is 9.47 Å². The summed E-state index contributed by atoms with van der Waals surface area (Å²) in [6.45, 7) is 1.53. The number of hydrogen-bond acceptors (Lipinski definition) is 6. The Bertz CT molecular complexity index is 592. The lowest BCUT2D eigenvalue weighted by Crippen LogP contribution is -2.34. The van der Waals surface area contributed by atoms with Gasteiger partial charge in [-0.1, -0.05) is 0 Å². The summed E-state index contributed by atoms with van der Waals surface area (Å²) in [4.78, 5) is 11.2. The smallest absolute Gasteiger partial charge is 0.264 e. The van der Waals surface area contributed by atoms with E-state index in [1.165, 1.54) is 6.92 Å². The third-order valence-corrected chi connectivity index (χ3v) is 3.10. The van der Waals surface area contributed by atoms with Crippen molar-refractivity contribution in [2.75, 3.05) is 19.5 Å². The third kappa shape index (κ3) is 3.68. The lowest BCUT2D eigenvalue weighted by atomic mass is 10.1. The number of fused-ring (bicyclic) bond motifs is 1. The maximum Gasteiger partial charge on any atom is 0.264 e. The molecule has 1 heterocycles. The van der Waals surface area contributed by atoms with Gasteiger partial charge in [0, 0.05) is 5.56 Å². The maximum absolute atomic E-state index is 11.2. The highest BCUT2D eigenvalue weighted by Crippen LogP contribution is 2.32. The Morgan fingerprint density at radius 1 is 1.42 bits per heavy atom. The van der Waals surface area contributed by atoms with Gasteiger partial charge in [-0.2, -0.15) is 8.42 Å². The van der Waals surface area contributed by atoms with E-state index in [9.17, 15) is 13.2 Å². The largest absolute Gasteiger partial charge is 0.486 e. The molecular formula is C12H14O6S. The second kappa shape index (κ2) is 5.18. The van der Waals surface area contributed by atoms with Crippen molar-refractivity contribution >= 4 is 15.9 Å². The van der Waals surface area contributed by atoms with E-state index in [0.29, 0.717) is 17.1 Å². The van der Waals surface area contributed by atoms with Crippen molar-refractivity contribution in [3.8, 4) is 11.5 Å². The molecule has 1 aliphatic heterocycles. The first-order valence-electron chi connectivity index (χ1n) is 5.64. The SMILES string of the molecule is CC(=O)c1ccc2c(c1)OCC(COS(C)(=O)=O)O2. The van der Waals surface area contributed by atoms with E-state index in [2.05, 4.69) is 4.18 Å². The number of ether oxygens (including phenoxy) is 2. The molecule has 19 heavy (non-hydrogen) atoms. The highest BCUT2D eigenvalue weighted by atomic mass is 32.2. The quantitative estimate of drug-likeness (QED) is 0.607. The van der Waals surface area contributed by atoms with Gasteiger partial charge in [0.15, 0.2) is 23.4 Å². The minimum Gasteiger partial charge on any atom is -0.486 e. The number of rotatable bonds is 4. The van der Waals surface area contributed by atoms with Crippen molar-refractivity contribution < 1.29 is 26.9 Å². The number of ketones is 1. The van der Waals surface area contributed by atoms with Crippen LogP contribution in [0, 0.1) is 0 Å². The first kappa shape index (κ1) is 13.8. The molecule has 0 fully saturated rings. The molecule has 1 aromatic carbocycles. The van der Waals surface area contributed by atoms with Crippen molar-refractivity contribution in [3.63, 3.8) is 0 Å². The summed E-state index contributed by atoms with van der Waals surface area (Å²) in [7, 11) is -3.50. The Labute approximate surface area is 111 Å². The van der Waals surface area contributed by atoms with Crippen LogP contribution >= 0.6 is 0 Å². The molecule has 0 saturated heterocycles. The van der Waals surface area contributed by atoms with Crippen LogP contribution in [-0.4, -0.2) is 39.8 Å². The predicted molar refractivity (Wildman–Crippen MR) is 67.2 cm³/mol. The summed E-state index contributed by atoms with van der Waals surface area (Å²) in [6.07, 6.45) is 0.481. The first-order valence-corrected chi connectivity index (χ1v) is 7.45. The Morgan fingerprint density at radius 2 is 2.16 bits per heavy atom. The van der Waals surface area contributed by atoms with Crippen LogP contribution in [0.25, 0.3) is 0 Å². The Balaban J connectivity index is 2.06. The molecule has 6 nitrogen and oxygen atoms in total. The van der Waals surface area contributed by atoms with Crippen molar-refractivity contribution in [1.29, 1.82) is 0 Å². The predicted octanol–water partition coefficient (Wildman–Crippen LogP) is 1.01. The number of benzene rings is 1. The monoisotopic (exact) mass is 286 g/mol. The minimum atomic E-state index is -3.50. The van der Waals surface area contributed by atoms with Gasteiger partial charge in [-0.05, 0) is 25.1 Å². The molecule has 0 aromatic heterocycles. The number of hydrogen-bond donors (Lipinski definition) is 0. The van der Waals surface area contributed by atoms with Crippen LogP contribution in [0.3, 0.4) is 0 Å². The topological polar surface area (TPSA) is 78.9 Å². The van der Waals surface area contributed by atoms with E-state index in [0.717, 1.165) is 6.26 Å². The van der Waals surface area contributed by atoms with E-state index in [1.807, 2.05) is 0 Å². The van der Waals surface area contributed by atoms with Gasteiger partial charge in [-0.25, -0.2) is 0 Å². The highest BCUT2D eigenvalue weighted by Gasteiger charge is 2.23. The molecule has 2 rings (SSSR count). The van der Waals surface area contributed by atoms with Gasteiger partial charge in [-0.15, -0.1) is 0 Å². The second-order valence-electron chi connectivity index (χ2n) is 4.26. The van der Waals surface area contributed by atoms with Crippen molar-refractivity contribution in [2.45, 2.75) is 13.0 Å². The van der Waals surface area contributed by atoms with Crippen LogP contribution in [-0.2, 0) is 14.3 Å². The van der Waals surface area contributed by atoms with Gasteiger partial charge in [-0.3, -0.25) is 8.98 Å². The summed E-state index contributed by atoms with van der Waals surface area (Å²) >= 11 is 0. The number of Topliss-reactive ketones (excluding diaryl/α,β-unsaturated/α-hetero) is 1. The molecule has 1 unspecified atom stereocenters. The molecule has 1 aliphatic rings. The lowest BCUT2D eigenvalue weighted by Gasteiger charge is -2.26. The summed E-state index contributed by atoms with van der Waals surface area (Å²) in [6, 6.07) is 4.86. The van der Waals surface area contributed by atoms with Crippen LogP contribution in [0.5, 0.6) is 11.5 Å². The summed E-state index contributed by atoms with van der Waals surface area (Å²) in [5.41, 5.74) is 0.535. The first-order chi connectivity index (χ1) is 8.85. The third-order valence-electron chi connectivity index (χ3n) is 2.54. The normalized spacial score (nSPS) is 18.1. The van der Waals surface area contributed by atoms with Crippen molar-refractivity contribution in [1.82, 2.24) is 0 Å². The lowest BCUT2D eigenvalue weighted by molar-refractivity contribution is 0.0556. The van der Waals surface area contributed by atoms with Gasteiger partial charge < -0.3 is 9.47 Å². The Hall–Kier alpha value is -1.60. The van der Waals surface area contributed by atoms with Crippen LogP contribution in [0.2, 0.25) is 0 Å². The average Bonchev–Trinajstić information content (AvgIpc) is 2.34. The van der Waals surface area contributed by atoms with Crippen LogP contribution in [0.4, 0.5) is 0 Å². The molecule has 7 heteroatoms. The van der Waals surface area contributed by atoms with E-state index >= 15 is 0 Å². The summed E-state index contributed by atoms with van der Waals surface area (Å²) in [5, 5.41) is 0.